The first kappa shape index (κ1) is 13.1. The van der Waals surface area contributed by atoms with E-state index in [1.807, 2.05) is 13.1 Å². The molecule has 0 aliphatic heterocycles. The van der Waals surface area contributed by atoms with Gasteiger partial charge in [0.15, 0.2) is 0 Å². The average molecular weight is 262 g/mol. The molecule has 4 nitrogen and oxygen atoms in total. The van der Waals surface area contributed by atoms with Crippen LogP contribution in [0.5, 0.6) is 0 Å². The zero-order valence-corrected chi connectivity index (χ0v) is 12.0. The van der Waals surface area contributed by atoms with Crippen molar-refractivity contribution in [3.05, 3.63) is 29.2 Å². The van der Waals surface area contributed by atoms with Crippen LogP contribution in [0.2, 0.25) is 0 Å². The summed E-state index contributed by atoms with van der Waals surface area (Å²) in [6.07, 6.45) is 3.31. The van der Waals surface area contributed by atoms with Crippen LogP contribution in [-0.2, 0) is 12.0 Å². The third-order valence-electron chi connectivity index (χ3n) is 2.55. The minimum atomic E-state index is 0.0496. The van der Waals surface area contributed by atoms with Crippen LogP contribution in [-0.4, -0.2) is 22.0 Å². The Bertz CT molecular complexity index is 514. The van der Waals surface area contributed by atoms with Crippen LogP contribution >= 0.6 is 11.3 Å². The molecule has 2 aromatic rings. The second kappa shape index (κ2) is 5.12. The van der Waals surface area contributed by atoms with Crippen LogP contribution < -0.4 is 5.32 Å². The van der Waals surface area contributed by atoms with E-state index in [1.54, 1.807) is 23.9 Å². The first-order chi connectivity index (χ1) is 8.52. The molecule has 0 saturated carbocycles. The summed E-state index contributed by atoms with van der Waals surface area (Å²) in [5, 5.41) is 4.16. The van der Waals surface area contributed by atoms with E-state index in [0.29, 0.717) is 0 Å². The SMILES string of the molecule is CNCc1sc(-c2ccncn2)nc1C(C)(C)C. The van der Waals surface area contributed by atoms with Crippen molar-refractivity contribution in [2.45, 2.75) is 32.7 Å². The van der Waals surface area contributed by atoms with Gasteiger partial charge in [-0.15, -0.1) is 11.3 Å². The number of hydrogen-bond acceptors (Lipinski definition) is 5. The molecule has 1 N–H and O–H groups in total. The average Bonchev–Trinajstić information content (AvgIpc) is 2.75. The molecule has 0 aliphatic rings. The van der Waals surface area contributed by atoms with E-state index in [0.717, 1.165) is 22.9 Å². The molecule has 96 valence electrons. The smallest absolute Gasteiger partial charge is 0.142 e. The fourth-order valence-corrected chi connectivity index (χ4v) is 3.01. The lowest BCUT2D eigenvalue weighted by atomic mass is 9.91. The topological polar surface area (TPSA) is 50.7 Å². The van der Waals surface area contributed by atoms with Gasteiger partial charge in [-0.2, -0.15) is 0 Å². The summed E-state index contributed by atoms with van der Waals surface area (Å²) < 4.78 is 0. The van der Waals surface area contributed by atoms with E-state index in [9.17, 15) is 0 Å². The molecule has 0 aromatic carbocycles. The molecule has 5 heteroatoms. The molecule has 0 aliphatic carbocycles. The molecule has 0 unspecified atom stereocenters. The van der Waals surface area contributed by atoms with Gasteiger partial charge in [-0.1, -0.05) is 20.8 Å². The van der Waals surface area contributed by atoms with Crippen LogP contribution in [0.15, 0.2) is 18.6 Å². The van der Waals surface area contributed by atoms with Crippen molar-refractivity contribution in [3.8, 4) is 10.7 Å². The molecular weight excluding hydrogens is 244 g/mol. The second-order valence-corrected chi connectivity index (χ2v) is 6.25. The van der Waals surface area contributed by atoms with Crippen molar-refractivity contribution < 1.29 is 0 Å². The minimum absolute atomic E-state index is 0.0496. The van der Waals surface area contributed by atoms with Gasteiger partial charge < -0.3 is 5.32 Å². The number of thiazole rings is 1. The summed E-state index contributed by atoms with van der Waals surface area (Å²) in [7, 11) is 1.95. The Morgan fingerprint density at radius 3 is 2.67 bits per heavy atom. The van der Waals surface area contributed by atoms with Gasteiger partial charge in [0.2, 0.25) is 0 Å². The molecule has 0 atom stereocenters. The lowest BCUT2D eigenvalue weighted by Gasteiger charge is -2.17. The van der Waals surface area contributed by atoms with E-state index in [-0.39, 0.29) is 5.41 Å². The third kappa shape index (κ3) is 2.73. The quantitative estimate of drug-likeness (QED) is 0.924. The Kier molecular flexibility index (Phi) is 3.73. The highest BCUT2D eigenvalue weighted by Gasteiger charge is 2.23. The van der Waals surface area contributed by atoms with Crippen molar-refractivity contribution in [2.75, 3.05) is 7.05 Å². The molecule has 0 bridgehead atoms. The molecule has 0 fully saturated rings. The Morgan fingerprint density at radius 1 is 1.33 bits per heavy atom. The lowest BCUT2D eigenvalue weighted by Crippen LogP contribution is -2.16. The van der Waals surface area contributed by atoms with Gasteiger partial charge in [0.1, 0.15) is 17.0 Å². The second-order valence-electron chi connectivity index (χ2n) is 5.17. The fraction of sp³-hybridized carbons (Fsp3) is 0.462. The van der Waals surface area contributed by atoms with Crippen LogP contribution in [0.3, 0.4) is 0 Å². The van der Waals surface area contributed by atoms with Crippen molar-refractivity contribution in [3.63, 3.8) is 0 Å². The Morgan fingerprint density at radius 2 is 2.11 bits per heavy atom. The van der Waals surface area contributed by atoms with Crippen LogP contribution in [0.1, 0.15) is 31.3 Å². The molecular formula is C13H18N4S. The number of rotatable bonds is 3. The van der Waals surface area contributed by atoms with Crippen molar-refractivity contribution >= 4 is 11.3 Å². The third-order valence-corrected chi connectivity index (χ3v) is 3.62. The van der Waals surface area contributed by atoms with Gasteiger partial charge in [-0.25, -0.2) is 15.0 Å². The molecule has 2 rings (SSSR count). The van der Waals surface area contributed by atoms with Crippen molar-refractivity contribution in [1.82, 2.24) is 20.3 Å². The molecule has 18 heavy (non-hydrogen) atoms. The molecule has 0 amide bonds. The van der Waals surface area contributed by atoms with Gasteiger partial charge >= 0.3 is 0 Å². The van der Waals surface area contributed by atoms with Crippen LogP contribution in [0, 0.1) is 0 Å². The highest BCUT2D eigenvalue weighted by molar-refractivity contribution is 7.15. The van der Waals surface area contributed by atoms with Crippen molar-refractivity contribution in [1.29, 1.82) is 0 Å². The van der Waals surface area contributed by atoms with E-state index in [4.69, 9.17) is 4.98 Å². The van der Waals surface area contributed by atoms with Crippen LogP contribution in [0.25, 0.3) is 10.7 Å². The van der Waals surface area contributed by atoms with Gasteiger partial charge in [0, 0.05) is 23.0 Å². The molecule has 0 saturated heterocycles. The molecule has 0 radical (unpaired) electrons. The molecule has 2 aromatic heterocycles. The minimum Gasteiger partial charge on any atom is -0.315 e. The zero-order valence-electron chi connectivity index (χ0n) is 11.2. The standard InChI is InChI=1S/C13H18N4S/c1-13(2,3)11-10(7-14-4)18-12(17-11)9-5-6-15-8-16-9/h5-6,8,14H,7H2,1-4H3. The summed E-state index contributed by atoms with van der Waals surface area (Å²) >= 11 is 1.70. The fourth-order valence-electron chi connectivity index (χ4n) is 1.74. The largest absolute Gasteiger partial charge is 0.315 e. The van der Waals surface area contributed by atoms with E-state index < -0.39 is 0 Å². The number of aromatic nitrogens is 3. The van der Waals surface area contributed by atoms with Gasteiger partial charge in [-0.05, 0) is 13.1 Å². The Hall–Kier alpha value is -1.33. The van der Waals surface area contributed by atoms with E-state index in [1.165, 1.54) is 4.88 Å². The predicted molar refractivity (Wildman–Crippen MR) is 74.6 cm³/mol. The number of hydrogen-bond donors (Lipinski definition) is 1. The van der Waals surface area contributed by atoms with Gasteiger partial charge in [0.05, 0.1) is 5.69 Å². The Labute approximate surface area is 112 Å². The number of nitrogens with one attached hydrogen (secondary N) is 1. The normalized spacial score (nSPS) is 11.8. The van der Waals surface area contributed by atoms with E-state index >= 15 is 0 Å². The maximum atomic E-state index is 4.76. The van der Waals surface area contributed by atoms with Crippen LogP contribution in [0.4, 0.5) is 0 Å². The highest BCUT2D eigenvalue weighted by atomic mass is 32.1. The summed E-state index contributed by atoms with van der Waals surface area (Å²) in [5.74, 6) is 0. The Balaban J connectivity index is 2.46. The predicted octanol–water partition coefficient (Wildman–Crippen LogP) is 2.62. The van der Waals surface area contributed by atoms with Crippen molar-refractivity contribution in [2.24, 2.45) is 0 Å². The monoisotopic (exact) mass is 262 g/mol. The highest BCUT2D eigenvalue weighted by Crippen LogP contribution is 2.33. The first-order valence-electron chi connectivity index (χ1n) is 5.93. The summed E-state index contributed by atoms with van der Waals surface area (Å²) in [5.41, 5.74) is 2.09. The molecule has 2 heterocycles. The van der Waals surface area contributed by atoms with Gasteiger partial charge in [0.25, 0.3) is 0 Å². The maximum absolute atomic E-state index is 4.76. The maximum Gasteiger partial charge on any atom is 0.142 e. The summed E-state index contributed by atoms with van der Waals surface area (Å²) in [6, 6.07) is 1.90. The zero-order chi connectivity index (χ0) is 13.2. The summed E-state index contributed by atoms with van der Waals surface area (Å²) in [6.45, 7) is 7.40. The summed E-state index contributed by atoms with van der Waals surface area (Å²) in [4.78, 5) is 14.2. The number of nitrogens with zero attached hydrogens (tertiary/aromatic N) is 3. The molecule has 0 spiro atoms. The first-order valence-corrected chi connectivity index (χ1v) is 6.75. The lowest BCUT2D eigenvalue weighted by molar-refractivity contribution is 0.563. The van der Waals surface area contributed by atoms with E-state index in [2.05, 4.69) is 36.1 Å². The van der Waals surface area contributed by atoms with Gasteiger partial charge in [-0.3, -0.25) is 0 Å².